The molecule has 3 aromatic rings. The monoisotopic (exact) mass is 649 g/mol. The van der Waals surface area contributed by atoms with Gasteiger partial charge in [-0.1, -0.05) is 32.0 Å². The number of aliphatic carboxylic acids is 1. The number of benzene rings is 1. The Hall–Kier alpha value is -4.29. The number of amides is 1. The molecule has 5 heterocycles. The molecule has 3 atom stereocenters. The second kappa shape index (κ2) is 11.7. The first-order chi connectivity index (χ1) is 22.1. The predicted octanol–water partition coefficient (Wildman–Crippen LogP) is 6.17. The Kier molecular flexibility index (Phi) is 8.16. The summed E-state index contributed by atoms with van der Waals surface area (Å²) in [6, 6.07) is 7.71. The quantitative estimate of drug-likeness (QED) is 0.208. The summed E-state index contributed by atoms with van der Waals surface area (Å²) < 4.78 is 45.0. The van der Waals surface area contributed by atoms with Crippen molar-refractivity contribution in [1.82, 2.24) is 24.4 Å². The van der Waals surface area contributed by atoms with E-state index in [1.807, 2.05) is 50.8 Å². The zero-order valence-electron chi connectivity index (χ0n) is 27.5. The molecule has 3 aliphatic heterocycles. The normalized spacial score (nSPS) is 21.6. The fraction of sp³-hybridized carbons (Fsp3) is 0.429. The van der Waals surface area contributed by atoms with Gasteiger partial charge in [-0.15, -0.1) is 0 Å². The number of fused-ring (bicyclic) bond motifs is 3. The number of halogens is 3. The van der Waals surface area contributed by atoms with E-state index in [0.717, 1.165) is 16.7 Å². The molecule has 0 saturated carbocycles. The van der Waals surface area contributed by atoms with E-state index in [0.29, 0.717) is 41.4 Å². The Morgan fingerprint density at radius 3 is 2.49 bits per heavy atom. The van der Waals surface area contributed by atoms with Gasteiger partial charge in [-0.05, 0) is 75.5 Å². The van der Waals surface area contributed by atoms with Gasteiger partial charge >= 0.3 is 18.1 Å². The maximum Gasteiger partial charge on any atom is 0.416 e. The van der Waals surface area contributed by atoms with Gasteiger partial charge in [0.25, 0.3) is 0 Å². The summed E-state index contributed by atoms with van der Waals surface area (Å²) >= 11 is 0. The molecule has 0 spiro atoms. The average Bonchev–Trinajstić information content (AvgIpc) is 3.56. The predicted molar refractivity (Wildman–Crippen MR) is 171 cm³/mol. The summed E-state index contributed by atoms with van der Waals surface area (Å²) in [7, 11) is 3.61. The summed E-state index contributed by atoms with van der Waals surface area (Å²) in [6.07, 6.45) is -0.182. The molecule has 3 aliphatic rings. The minimum absolute atomic E-state index is 0.0493. The first-order valence-electron chi connectivity index (χ1n) is 15.9. The van der Waals surface area contributed by atoms with E-state index in [1.54, 1.807) is 41.8 Å². The molecule has 47 heavy (non-hydrogen) atoms. The number of rotatable bonds is 10. The minimum atomic E-state index is -4.60. The van der Waals surface area contributed by atoms with E-state index < -0.39 is 36.2 Å². The third-order valence-electron chi connectivity index (χ3n) is 9.47. The zero-order valence-corrected chi connectivity index (χ0v) is 27.5. The summed E-state index contributed by atoms with van der Waals surface area (Å²) in [5.41, 5.74) is 4.67. The summed E-state index contributed by atoms with van der Waals surface area (Å²) in [6.45, 7) is 8.43. The molecule has 9 nitrogen and oxygen atoms in total. The molecular weight excluding hydrogens is 609 g/mol. The van der Waals surface area contributed by atoms with Crippen molar-refractivity contribution in [2.45, 2.75) is 65.2 Å². The van der Waals surface area contributed by atoms with Crippen molar-refractivity contribution < 1.29 is 32.3 Å². The van der Waals surface area contributed by atoms with Crippen molar-refractivity contribution in [3.8, 4) is 11.3 Å². The van der Waals surface area contributed by atoms with Gasteiger partial charge in [-0.3, -0.25) is 4.79 Å². The van der Waals surface area contributed by atoms with Gasteiger partial charge in [0.2, 0.25) is 0 Å². The van der Waals surface area contributed by atoms with Crippen molar-refractivity contribution in [2.24, 2.45) is 5.92 Å². The summed E-state index contributed by atoms with van der Waals surface area (Å²) in [4.78, 5) is 35.7. The van der Waals surface area contributed by atoms with Crippen LogP contribution in [0.5, 0.6) is 0 Å². The molecule has 2 aromatic heterocycles. The van der Waals surface area contributed by atoms with E-state index in [-0.39, 0.29) is 34.8 Å². The highest BCUT2D eigenvalue weighted by atomic mass is 19.4. The van der Waals surface area contributed by atoms with Crippen molar-refractivity contribution in [2.75, 3.05) is 27.2 Å². The lowest BCUT2D eigenvalue weighted by Gasteiger charge is -2.40. The average molecular weight is 650 g/mol. The number of nitrogens with zero attached hydrogens (tertiary/aromatic N) is 6. The Morgan fingerprint density at radius 2 is 1.87 bits per heavy atom. The highest BCUT2D eigenvalue weighted by Crippen LogP contribution is 2.56. The third-order valence-corrected chi connectivity index (χ3v) is 9.47. The smallest absolute Gasteiger partial charge is 0.416 e. The number of alkyl halides is 3. The fourth-order valence-corrected chi connectivity index (χ4v) is 7.25. The zero-order chi connectivity index (χ0) is 34.0. The van der Waals surface area contributed by atoms with Crippen molar-refractivity contribution in [3.05, 3.63) is 88.2 Å². The van der Waals surface area contributed by atoms with Gasteiger partial charge in [0.05, 0.1) is 17.5 Å². The first kappa shape index (κ1) is 32.6. The van der Waals surface area contributed by atoms with Gasteiger partial charge < -0.3 is 14.9 Å². The molecule has 1 amide bonds. The number of carboxylic acids is 1. The number of hydrogen-bond donors (Lipinski definition) is 1. The number of carbonyl (C=O) groups is 2. The van der Waals surface area contributed by atoms with Crippen molar-refractivity contribution in [1.29, 1.82) is 0 Å². The van der Waals surface area contributed by atoms with Gasteiger partial charge in [0, 0.05) is 24.4 Å². The van der Waals surface area contributed by atoms with Crippen LogP contribution < -0.4 is 0 Å². The Morgan fingerprint density at radius 1 is 1.17 bits per heavy atom. The Bertz CT molecular complexity index is 1850. The van der Waals surface area contributed by atoms with Gasteiger partial charge in [0.15, 0.2) is 23.9 Å². The highest BCUT2D eigenvalue weighted by Gasteiger charge is 2.70. The molecule has 0 aliphatic carbocycles. The lowest BCUT2D eigenvalue weighted by Crippen LogP contribution is -2.54. The van der Waals surface area contributed by atoms with Crippen LogP contribution in [0.25, 0.3) is 16.9 Å². The molecule has 0 bridgehead atoms. The molecular formula is C35H40F3N6O3+. The van der Waals surface area contributed by atoms with Crippen LogP contribution in [0.4, 0.5) is 13.2 Å². The third kappa shape index (κ3) is 5.67. The molecule has 1 saturated heterocycles. The molecule has 248 valence electrons. The maximum absolute atomic E-state index is 14.8. The number of carboxylic acid groups (broad SMARTS) is 1. The van der Waals surface area contributed by atoms with Gasteiger partial charge in [-0.2, -0.15) is 18.3 Å². The number of carbonyl (C=O) groups excluding carboxylic acids is 1. The van der Waals surface area contributed by atoms with Crippen LogP contribution in [0.15, 0.2) is 71.3 Å². The van der Waals surface area contributed by atoms with Crippen LogP contribution in [0.2, 0.25) is 0 Å². The molecule has 12 heteroatoms. The SMILES string of the molecule is Cc1cccc(C)c1-c1cc([C@H](CC(=O)O)[N+]23CC2=C2C=C(C(F)(F)F)C(CCN(C)C)=CN2[C@H](CC(C)C)C3=O)nc2ccnn12. The summed E-state index contributed by atoms with van der Waals surface area (Å²) in [5.74, 6) is -1.30. The largest absolute Gasteiger partial charge is 0.481 e. The second-order valence-corrected chi connectivity index (χ2v) is 13.6. The van der Waals surface area contributed by atoms with Crippen molar-refractivity contribution in [3.63, 3.8) is 0 Å². The van der Waals surface area contributed by atoms with E-state index in [1.165, 1.54) is 12.3 Å². The molecule has 1 unspecified atom stereocenters. The van der Waals surface area contributed by atoms with E-state index in [9.17, 15) is 27.9 Å². The van der Waals surface area contributed by atoms with Crippen LogP contribution in [0, 0.1) is 19.8 Å². The van der Waals surface area contributed by atoms with Crippen LogP contribution in [-0.2, 0) is 9.59 Å². The van der Waals surface area contributed by atoms with E-state index in [4.69, 9.17) is 4.98 Å². The van der Waals surface area contributed by atoms with Crippen LogP contribution in [0.1, 0.15) is 56.0 Å². The van der Waals surface area contributed by atoms with Gasteiger partial charge in [0.1, 0.15) is 23.9 Å². The Balaban J connectivity index is 1.56. The lowest BCUT2D eigenvalue weighted by molar-refractivity contribution is -0.740. The number of hydrogen-bond acceptors (Lipinski definition) is 6. The lowest BCUT2D eigenvalue weighted by atomic mass is 9.92. The van der Waals surface area contributed by atoms with Crippen molar-refractivity contribution >= 4 is 17.5 Å². The first-order valence-corrected chi connectivity index (χ1v) is 15.9. The fourth-order valence-electron chi connectivity index (χ4n) is 7.25. The van der Waals surface area contributed by atoms with Crippen LogP contribution in [-0.4, -0.2) is 85.3 Å². The Labute approximate surface area is 271 Å². The number of aromatic nitrogens is 3. The van der Waals surface area contributed by atoms with E-state index in [2.05, 4.69) is 5.10 Å². The van der Waals surface area contributed by atoms with Crippen LogP contribution in [0.3, 0.4) is 0 Å². The molecule has 1 N–H and O–H groups in total. The van der Waals surface area contributed by atoms with E-state index >= 15 is 0 Å². The topological polar surface area (TPSA) is 91.0 Å². The molecule has 0 radical (unpaired) electrons. The minimum Gasteiger partial charge on any atom is -0.481 e. The molecule has 1 fully saturated rings. The molecule has 1 aromatic carbocycles. The summed E-state index contributed by atoms with van der Waals surface area (Å²) in [5, 5.41) is 14.7. The highest BCUT2D eigenvalue weighted by molar-refractivity contribution is 5.83. The number of aryl methyl sites for hydroxylation is 2. The molecule has 6 rings (SSSR count). The van der Waals surface area contributed by atoms with Gasteiger partial charge in [-0.25, -0.2) is 18.8 Å². The standard InChI is InChI=1S/C35H39F3N6O3/c1-20(2)14-28-34(47)44(19-30(44)26-15-24(35(36,37)38)23(18-42(26)28)11-13-41(5)6)29(17-32(45)46)25-16-27(43-31(40-25)10-12-39-43)33-21(3)8-7-9-22(33)4/h7-10,12,15-16,18,20,28-29H,11,13-14,17,19H2,1-6H3/p+1/t28-,29+,44?/m1/s1. The van der Waals surface area contributed by atoms with Crippen LogP contribution >= 0.6 is 0 Å². The second-order valence-electron chi connectivity index (χ2n) is 13.6. The number of quaternary nitrogens is 1. The number of allylic oxidation sites excluding steroid dienone is 2. The maximum atomic E-state index is 14.8.